The van der Waals surface area contributed by atoms with Gasteiger partial charge < -0.3 is 5.32 Å². The van der Waals surface area contributed by atoms with Gasteiger partial charge in [0.15, 0.2) is 0 Å². The first kappa shape index (κ1) is 15.2. The minimum absolute atomic E-state index is 0.0854. The Balaban J connectivity index is 2.02. The first-order valence-electron chi connectivity index (χ1n) is 6.54. The van der Waals surface area contributed by atoms with Crippen molar-refractivity contribution in [2.75, 3.05) is 0 Å². The third-order valence-corrected chi connectivity index (χ3v) is 3.60. The number of hydrogen-bond acceptors (Lipinski definition) is 2. The van der Waals surface area contributed by atoms with Gasteiger partial charge in [-0.15, -0.1) is 0 Å². The fourth-order valence-corrected chi connectivity index (χ4v) is 2.25. The fraction of sp³-hybridized carbons (Fsp3) is 0.400. The summed E-state index contributed by atoms with van der Waals surface area (Å²) in [6.07, 6.45) is 3.87. The van der Waals surface area contributed by atoms with E-state index < -0.39 is 0 Å². The molecule has 0 aliphatic rings. The summed E-state index contributed by atoms with van der Waals surface area (Å²) in [6, 6.07) is 4.71. The van der Waals surface area contributed by atoms with Crippen molar-refractivity contribution in [3.8, 4) is 0 Å². The van der Waals surface area contributed by atoms with Crippen LogP contribution in [0.5, 0.6) is 0 Å². The molecule has 1 aromatic carbocycles. The summed E-state index contributed by atoms with van der Waals surface area (Å²) in [4.78, 5) is 0. The molecule has 1 N–H and O–H groups in total. The molecule has 1 aromatic heterocycles. The van der Waals surface area contributed by atoms with Gasteiger partial charge in [0.1, 0.15) is 5.82 Å². The van der Waals surface area contributed by atoms with Gasteiger partial charge in [0.2, 0.25) is 0 Å². The molecule has 0 bridgehead atoms. The van der Waals surface area contributed by atoms with Crippen LogP contribution in [0.1, 0.15) is 31.9 Å². The van der Waals surface area contributed by atoms with Gasteiger partial charge in [-0.3, -0.25) is 4.68 Å². The zero-order valence-corrected chi connectivity index (χ0v) is 13.5. The van der Waals surface area contributed by atoms with Crippen LogP contribution in [0, 0.1) is 5.82 Å². The second-order valence-corrected chi connectivity index (χ2v) is 6.74. The summed E-state index contributed by atoms with van der Waals surface area (Å²) >= 11 is 3.37. The molecule has 0 amide bonds. The van der Waals surface area contributed by atoms with E-state index in [2.05, 4.69) is 47.1 Å². The van der Waals surface area contributed by atoms with Crippen LogP contribution in [0.3, 0.4) is 0 Å². The van der Waals surface area contributed by atoms with Crippen molar-refractivity contribution in [2.24, 2.45) is 0 Å². The number of hydrogen-bond donors (Lipinski definition) is 1. The van der Waals surface area contributed by atoms with E-state index in [9.17, 15) is 4.39 Å². The molecule has 0 atom stereocenters. The van der Waals surface area contributed by atoms with E-state index in [0.29, 0.717) is 6.54 Å². The average Bonchev–Trinajstić information content (AvgIpc) is 2.77. The van der Waals surface area contributed by atoms with Crippen molar-refractivity contribution in [3.05, 3.63) is 52.0 Å². The largest absolute Gasteiger partial charge is 0.308 e. The molecular formula is C15H19BrFN3. The quantitative estimate of drug-likeness (QED) is 0.919. The third-order valence-electron chi connectivity index (χ3n) is 2.86. The van der Waals surface area contributed by atoms with Crippen molar-refractivity contribution in [1.82, 2.24) is 15.1 Å². The molecular weight excluding hydrogens is 321 g/mol. The highest BCUT2D eigenvalue weighted by Crippen LogP contribution is 2.19. The highest BCUT2D eigenvalue weighted by molar-refractivity contribution is 9.10. The lowest BCUT2D eigenvalue weighted by molar-refractivity contribution is 0.424. The molecule has 0 unspecified atom stereocenters. The van der Waals surface area contributed by atoms with E-state index in [4.69, 9.17) is 0 Å². The van der Waals surface area contributed by atoms with Crippen LogP contribution in [0.2, 0.25) is 0 Å². The van der Waals surface area contributed by atoms with E-state index in [-0.39, 0.29) is 11.4 Å². The van der Waals surface area contributed by atoms with E-state index in [0.717, 1.165) is 22.1 Å². The molecule has 0 saturated heterocycles. The maximum Gasteiger partial charge on any atom is 0.124 e. The van der Waals surface area contributed by atoms with E-state index in [1.165, 1.54) is 12.1 Å². The zero-order valence-electron chi connectivity index (χ0n) is 12.0. The Kier molecular flexibility index (Phi) is 4.60. The van der Waals surface area contributed by atoms with Crippen molar-refractivity contribution >= 4 is 15.9 Å². The Bertz CT molecular complexity index is 587. The van der Waals surface area contributed by atoms with Crippen LogP contribution >= 0.6 is 15.9 Å². The van der Waals surface area contributed by atoms with Crippen molar-refractivity contribution < 1.29 is 4.39 Å². The summed E-state index contributed by atoms with van der Waals surface area (Å²) in [5.74, 6) is -0.240. The van der Waals surface area contributed by atoms with Crippen LogP contribution in [0.25, 0.3) is 0 Å². The number of rotatable bonds is 4. The van der Waals surface area contributed by atoms with Crippen molar-refractivity contribution in [2.45, 2.75) is 39.4 Å². The molecule has 0 radical (unpaired) electrons. The summed E-state index contributed by atoms with van der Waals surface area (Å²) in [5.41, 5.74) is 2.23. The number of nitrogens with zero attached hydrogens (tertiary/aromatic N) is 2. The number of halogens is 2. The molecule has 20 heavy (non-hydrogen) atoms. The summed E-state index contributed by atoms with van der Waals surface area (Å²) < 4.78 is 15.7. The van der Waals surface area contributed by atoms with E-state index >= 15 is 0 Å². The minimum Gasteiger partial charge on any atom is -0.308 e. The zero-order chi connectivity index (χ0) is 14.8. The van der Waals surface area contributed by atoms with Gasteiger partial charge in [-0.2, -0.15) is 5.10 Å². The topological polar surface area (TPSA) is 29.9 Å². The lowest BCUT2D eigenvalue weighted by atomic mass is 10.1. The number of benzene rings is 1. The standard InChI is InChI=1S/C15H19BrFN3/c1-15(2,3)18-7-11-8-19-20(9-11)10-12-4-5-13(17)6-14(12)16/h4-6,8-9,18H,7,10H2,1-3H3. The lowest BCUT2D eigenvalue weighted by Gasteiger charge is -2.19. The maximum absolute atomic E-state index is 13.0. The summed E-state index contributed by atoms with van der Waals surface area (Å²) in [6.45, 7) is 7.80. The molecule has 108 valence electrons. The molecule has 0 aliphatic carbocycles. The Morgan fingerprint density at radius 2 is 2.10 bits per heavy atom. The summed E-state index contributed by atoms with van der Waals surface area (Å²) in [5, 5.41) is 7.76. The van der Waals surface area contributed by atoms with Gasteiger partial charge in [-0.05, 0) is 38.5 Å². The molecule has 1 heterocycles. The highest BCUT2D eigenvalue weighted by atomic mass is 79.9. The number of aromatic nitrogens is 2. The first-order chi connectivity index (χ1) is 9.33. The lowest BCUT2D eigenvalue weighted by Crippen LogP contribution is -2.34. The third kappa shape index (κ3) is 4.42. The van der Waals surface area contributed by atoms with Gasteiger partial charge in [-0.25, -0.2) is 4.39 Å². The monoisotopic (exact) mass is 339 g/mol. The SMILES string of the molecule is CC(C)(C)NCc1cnn(Cc2ccc(F)cc2Br)c1. The predicted molar refractivity (Wildman–Crippen MR) is 82.0 cm³/mol. The molecule has 0 saturated carbocycles. The maximum atomic E-state index is 13.0. The minimum atomic E-state index is -0.240. The van der Waals surface area contributed by atoms with Gasteiger partial charge in [0.25, 0.3) is 0 Å². The fourth-order valence-electron chi connectivity index (χ4n) is 1.78. The Labute approximate surface area is 127 Å². The average molecular weight is 340 g/mol. The number of nitrogens with one attached hydrogen (secondary N) is 1. The molecule has 0 aliphatic heterocycles. The normalized spacial score (nSPS) is 11.8. The molecule has 0 fully saturated rings. The van der Waals surface area contributed by atoms with Crippen molar-refractivity contribution in [1.29, 1.82) is 0 Å². The van der Waals surface area contributed by atoms with Gasteiger partial charge in [0, 0.05) is 28.3 Å². The first-order valence-corrected chi connectivity index (χ1v) is 7.33. The highest BCUT2D eigenvalue weighted by Gasteiger charge is 2.09. The van der Waals surface area contributed by atoms with E-state index in [1.807, 2.05) is 17.1 Å². The van der Waals surface area contributed by atoms with Crippen LogP contribution < -0.4 is 5.32 Å². The van der Waals surface area contributed by atoms with Crippen LogP contribution in [-0.4, -0.2) is 15.3 Å². The smallest absolute Gasteiger partial charge is 0.124 e. The molecule has 0 spiro atoms. The van der Waals surface area contributed by atoms with Gasteiger partial charge in [-0.1, -0.05) is 22.0 Å². The molecule has 5 heteroatoms. The van der Waals surface area contributed by atoms with Crippen LogP contribution in [-0.2, 0) is 13.1 Å². The second kappa shape index (κ2) is 6.06. The van der Waals surface area contributed by atoms with Gasteiger partial charge in [0.05, 0.1) is 12.7 Å². The molecule has 2 rings (SSSR count). The van der Waals surface area contributed by atoms with Crippen molar-refractivity contribution in [3.63, 3.8) is 0 Å². The Hall–Kier alpha value is -1.20. The van der Waals surface area contributed by atoms with E-state index in [1.54, 1.807) is 6.07 Å². The summed E-state index contributed by atoms with van der Waals surface area (Å²) in [7, 11) is 0. The van der Waals surface area contributed by atoms with Crippen LogP contribution in [0.4, 0.5) is 4.39 Å². The van der Waals surface area contributed by atoms with Crippen LogP contribution in [0.15, 0.2) is 35.1 Å². The second-order valence-electron chi connectivity index (χ2n) is 5.89. The van der Waals surface area contributed by atoms with Gasteiger partial charge >= 0.3 is 0 Å². The molecule has 3 nitrogen and oxygen atoms in total. The molecule has 2 aromatic rings. The Morgan fingerprint density at radius 1 is 1.35 bits per heavy atom. The Morgan fingerprint density at radius 3 is 2.75 bits per heavy atom. The predicted octanol–water partition coefficient (Wildman–Crippen LogP) is 3.72.